The Morgan fingerprint density at radius 1 is 0.625 bits per heavy atom. The van der Waals surface area contributed by atoms with Gasteiger partial charge in [-0.25, -0.2) is 15.8 Å². The number of aromatic nitrogens is 1. The minimum absolute atomic E-state index is 0.0646. The van der Waals surface area contributed by atoms with Crippen molar-refractivity contribution in [1.29, 1.82) is 0 Å². The molecule has 3 rings (SSSR count). The molecule has 0 bridgehead atoms. The van der Waals surface area contributed by atoms with Gasteiger partial charge in [-0.15, -0.1) is 0 Å². The molecule has 7 heteroatoms. The fourth-order valence-electron chi connectivity index (χ4n) is 2.52. The number of hydrazone groups is 2. The van der Waals surface area contributed by atoms with Crippen LogP contribution in [0.2, 0.25) is 0 Å². The van der Waals surface area contributed by atoms with Crippen molar-refractivity contribution in [3.05, 3.63) is 114 Å². The van der Waals surface area contributed by atoms with Gasteiger partial charge in [-0.05, 0) is 35.4 Å². The standard InChI is InChI=1S/C25H21N5O2/c31-24(29-26-18-8-14-20-10-3-1-4-11-20)22-16-7-17-23(28-22)25(32)30-27-19-9-15-21-12-5-2-6-13-21/h1-19H,(H,29,31)(H,30,32)/b14-8+,15-9+,26-18-,27-19-. The number of carbonyl (C=O) groups is 2. The maximum Gasteiger partial charge on any atom is 0.289 e. The molecule has 0 aliphatic rings. The van der Waals surface area contributed by atoms with E-state index in [1.165, 1.54) is 24.6 Å². The zero-order valence-electron chi connectivity index (χ0n) is 17.1. The first kappa shape index (κ1) is 22.0. The third kappa shape index (κ3) is 7.31. The Morgan fingerprint density at radius 3 is 1.50 bits per heavy atom. The monoisotopic (exact) mass is 423 g/mol. The molecule has 0 atom stereocenters. The minimum Gasteiger partial charge on any atom is -0.266 e. The topological polar surface area (TPSA) is 95.8 Å². The third-order valence-electron chi connectivity index (χ3n) is 4.04. The predicted octanol–water partition coefficient (Wildman–Crippen LogP) is 3.94. The first-order valence-electron chi connectivity index (χ1n) is 9.80. The number of hydrogen-bond donors (Lipinski definition) is 2. The van der Waals surface area contributed by atoms with E-state index >= 15 is 0 Å². The van der Waals surface area contributed by atoms with Gasteiger partial charge in [0.25, 0.3) is 11.8 Å². The number of hydrogen-bond acceptors (Lipinski definition) is 5. The molecule has 0 saturated carbocycles. The molecule has 0 unspecified atom stereocenters. The molecule has 0 aliphatic heterocycles. The smallest absolute Gasteiger partial charge is 0.266 e. The average Bonchev–Trinajstić information content (AvgIpc) is 2.84. The number of benzene rings is 2. The summed E-state index contributed by atoms with van der Waals surface area (Å²) in [4.78, 5) is 28.5. The second kappa shape index (κ2) is 12.1. The van der Waals surface area contributed by atoms with Gasteiger partial charge >= 0.3 is 0 Å². The first-order chi connectivity index (χ1) is 15.7. The quantitative estimate of drug-likeness (QED) is 0.424. The van der Waals surface area contributed by atoms with E-state index < -0.39 is 11.8 Å². The van der Waals surface area contributed by atoms with Gasteiger partial charge in [0.05, 0.1) is 0 Å². The lowest BCUT2D eigenvalue weighted by Crippen LogP contribution is -2.23. The van der Waals surface area contributed by atoms with Gasteiger partial charge in [-0.1, -0.05) is 78.9 Å². The molecule has 32 heavy (non-hydrogen) atoms. The van der Waals surface area contributed by atoms with E-state index in [2.05, 4.69) is 26.0 Å². The zero-order valence-corrected chi connectivity index (χ0v) is 17.1. The van der Waals surface area contributed by atoms with Crippen LogP contribution in [0.3, 0.4) is 0 Å². The molecule has 0 spiro atoms. The minimum atomic E-state index is -0.529. The highest BCUT2D eigenvalue weighted by atomic mass is 16.2. The van der Waals surface area contributed by atoms with Gasteiger partial charge in [0, 0.05) is 12.4 Å². The van der Waals surface area contributed by atoms with Crippen LogP contribution in [-0.2, 0) is 0 Å². The Balaban J connectivity index is 1.50. The molecule has 0 radical (unpaired) electrons. The summed E-state index contributed by atoms with van der Waals surface area (Å²) >= 11 is 0. The van der Waals surface area contributed by atoms with E-state index in [1.54, 1.807) is 18.2 Å². The lowest BCUT2D eigenvalue weighted by atomic mass is 10.2. The van der Waals surface area contributed by atoms with Crippen LogP contribution in [0, 0.1) is 0 Å². The van der Waals surface area contributed by atoms with Gasteiger partial charge < -0.3 is 0 Å². The highest BCUT2D eigenvalue weighted by molar-refractivity contribution is 5.96. The van der Waals surface area contributed by atoms with Crippen LogP contribution in [0.5, 0.6) is 0 Å². The van der Waals surface area contributed by atoms with Crippen molar-refractivity contribution in [2.75, 3.05) is 0 Å². The summed E-state index contributed by atoms with van der Waals surface area (Å²) in [7, 11) is 0. The lowest BCUT2D eigenvalue weighted by Gasteiger charge is -2.02. The molecule has 0 aliphatic carbocycles. The predicted molar refractivity (Wildman–Crippen MR) is 127 cm³/mol. The summed E-state index contributed by atoms with van der Waals surface area (Å²) in [6, 6.07) is 23.9. The summed E-state index contributed by atoms with van der Waals surface area (Å²) in [6.07, 6.45) is 10.0. The second-order valence-corrected chi connectivity index (χ2v) is 6.39. The van der Waals surface area contributed by atoms with Crippen molar-refractivity contribution in [3.8, 4) is 0 Å². The normalized spacial score (nSPS) is 11.5. The van der Waals surface area contributed by atoms with E-state index in [0.717, 1.165) is 11.1 Å². The van der Waals surface area contributed by atoms with Gasteiger partial charge in [0.2, 0.25) is 0 Å². The largest absolute Gasteiger partial charge is 0.289 e. The van der Waals surface area contributed by atoms with Crippen molar-refractivity contribution in [3.63, 3.8) is 0 Å². The van der Waals surface area contributed by atoms with Gasteiger partial charge in [0.1, 0.15) is 11.4 Å². The third-order valence-corrected chi connectivity index (χ3v) is 4.04. The summed E-state index contributed by atoms with van der Waals surface area (Å²) < 4.78 is 0. The van der Waals surface area contributed by atoms with Crippen LogP contribution in [0.1, 0.15) is 32.1 Å². The Kier molecular flexibility index (Phi) is 8.36. The summed E-state index contributed by atoms with van der Waals surface area (Å²) in [6.45, 7) is 0. The molecule has 1 heterocycles. The lowest BCUT2D eigenvalue weighted by molar-refractivity contribution is 0.0946. The van der Waals surface area contributed by atoms with Crippen LogP contribution >= 0.6 is 0 Å². The molecule has 2 aromatic carbocycles. The van der Waals surface area contributed by atoms with Crippen LogP contribution in [0.25, 0.3) is 12.2 Å². The summed E-state index contributed by atoms with van der Waals surface area (Å²) in [5, 5.41) is 7.70. The van der Waals surface area contributed by atoms with Crippen LogP contribution < -0.4 is 10.9 Å². The fraction of sp³-hybridized carbons (Fsp3) is 0. The van der Waals surface area contributed by atoms with Gasteiger partial charge in [-0.2, -0.15) is 10.2 Å². The molecule has 1 aromatic heterocycles. The first-order valence-corrected chi connectivity index (χ1v) is 9.80. The number of amides is 2. The summed E-state index contributed by atoms with van der Waals surface area (Å²) in [5.41, 5.74) is 6.91. The zero-order chi connectivity index (χ0) is 22.4. The number of rotatable bonds is 8. The van der Waals surface area contributed by atoms with Crippen LogP contribution in [0.15, 0.2) is 101 Å². The van der Waals surface area contributed by atoms with E-state index in [-0.39, 0.29) is 11.4 Å². The molecule has 0 fully saturated rings. The van der Waals surface area contributed by atoms with E-state index in [4.69, 9.17) is 0 Å². The fourth-order valence-corrected chi connectivity index (χ4v) is 2.52. The maximum absolute atomic E-state index is 12.2. The Morgan fingerprint density at radius 2 is 1.06 bits per heavy atom. The van der Waals surface area contributed by atoms with Crippen LogP contribution in [0.4, 0.5) is 0 Å². The summed E-state index contributed by atoms with van der Waals surface area (Å²) in [5.74, 6) is -1.06. The van der Waals surface area contributed by atoms with E-state index in [0.29, 0.717) is 0 Å². The molecule has 3 aromatic rings. The highest BCUT2D eigenvalue weighted by Crippen LogP contribution is 2.02. The Bertz CT molecular complexity index is 1060. The number of pyridine rings is 1. The molecule has 2 amide bonds. The molecular weight excluding hydrogens is 402 g/mol. The van der Waals surface area contributed by atoms with Crippen LogP contribution in [-0.4, -0.2) is 29.2 Å². The Hall–Kier alpha value is -4.65. The number of nitrogens with zero attached hydrogens (tertiary/aromatic N) is 3. The van der Waals surface area contributed by atoms with Crippen molar-refractivity contribution < 1.29 is 9.59 Å². The molecular formula is C25H21N5O2. The van der Waals surface area contributed by atoms with Crippen molar-refractivity contribution in [2.24, 2.45) is 10.2 Å². The van der Waals surface area contributed by atoms with E-state index in [1.807, 2.05) is 72.8 Å². The molecule has 7 nitrogen and oxygen atoms in total. The van der Waals surface area contributed by atoms with Crippen molar-refractivity contribution in [1.82, 2.24) is 15.8 Å². The maximum atomic E-state index is 12.2. The number of allylic oxidation sites excluding steroid dienone is 2. The number of nitrogens with one attached hydrogen (secondary N) is 2. The highest BCUT2D eigenvalue weighted by Gasteiger charge is 2.11. The van der Waals surface area contributed by atoms with Gasteiger partial charge in [0.15, 0.2) is 0 Å². The molecule has 0 saturated heterocycles. The number of carbonyl (C=O) groups excluding carboxylic acids is 2. The van der Waals surface area contributed by atoms with Crippen molar-refractivity contribution >= 4 is 36.4 Å². The van der Waals surface area contributed by atoms with E-state index in [9.17, 15) is 9.59 Å². The SMILES string of the molecule is O=C(N/N=C\C=C\c1ccccc1)c1cccc(C(=O)N/N=C\C=C\c2ccccc2)n1. The molecule has 2 N–H and O–H groups in total. The molecule has 158 valence electrons. The Labute approximate surface area is 185 Å². The second-order valence-electron chi connectivity index (χ2n) is 6.39. The average molecular weight is 423 g/mol. The van der Waals surface area contributed by atoms with Gasteiger partial charge in [-0.3, -0.25) is 9.59 Å². The van der Waals surface area contributed by atoms with Crippen molar-refractivity contribution in [2.45, 2.75) is 0 Å².